The molecule has 2 aliphatic rings. The minimum Gasteiger partial charge on any atom is -0.399 e. The predicted molar refractivity (Wildman–Crippen MR) is 85.4 cm³/mol. The van der Waals surface area contributed by atoms with Crippen molar-refractivity contribution in [3.8, 4) is 0 Å². The topological polar surface area (TPSA) is 35.2 Å². The lowest BCUT2D eigenvalue weighted by atomic mass is 9.93. The largest absolute Gasteiger partial charge is 0.399 e. The van der Waals surface area contributed by atoms with E-state index in [4.69, 9.17) is 22.1 Å². The molecule has 2 aliphatic heterocycles. The summed E-state index contributed by atoms with van der Waals surface area (Å²) < 4.78 is 6.06. The molecule has 0 amide bonds. The molecule has 5 heteroatoms. The fourth-order valence-corrected chi connectivity index (χ4v) is 5.72. The van der Waals surface area contributed by atoms with Crippen LogP contribution < -0.4 is 5.73 Å². The Kier molecular flexibility index (Phi) is 4.22. The second-order valence-electron chi connectivity index (χ2n) is 5.26. The Bertz CT molecular complexity index is 463. The van der Waals surface area contributed by atoms with Crippen molar-refractivity contribution >= 4 is 40.8 Å². The summed E-state index contributed by atoms with van der Waals surface area (Å²) in [6.07, 6.45) is 3.45. The second kappa shape index (κ2) is 5.76. The molecule has 0 bridgehead atoms. The third-order valence-corrected chi connectivity index (χ3v) is 6.76. The minimum atomic E-state index is 0.140. The summed E-state index contributed by atoms with van der Waals surface area (Å²) in [6, 6.07) is 5.80. The highest BCUT2D eigenvalue weighted by molar-refractivity contribution is 8.00. The van der Waals surface area contributed by atoms with Gasteiger partial charge in [-0.3, -0.25) is 0 Å². The Morgan fingerprint density at radius 1 is 1.47 bits per heavy atom. The average molecular weight is 316 g/mol. The summed E-state index contributed by atoms with van der Waals surface area (Å²) >= 11 is 10.2. The van der Waals surface area contributed by atoms with Crippen molar-refractivity contribution in [2.45, 2.75) is 35.0 Å². The molecule has 19 heavy (non-hydrogen) atoms. The maximum Gasteiger partial charge on any atom is 0.0791 e. The van der Waals surface area contributed by atoms with E-state index in [0.717, 1.165) is 40.8 Å². The first-order valence-electron chi connectivity index (χ1n) is 6.60. The quantitative estimate of drug-likeness (QED) is 0.834. The molecule has 2 nitrogen and oxygen atoms in total. The molecule has 1 spiro atoms. The number of benzene rings is 1. The van der Waals surface area contributed by atoms with Gasteiger partial charge in [0.1, 0.15) is 0 Å². The van der Waals surface area contributed by atoms with Gasteiger partial charge in [-0.05, 0) is 43.2 Å². The van der Waals surface area contributed by atoms with Crippen LogP contribution in [0.5, 0.6) is 0 Å². The zero-order chi connectivity index (χ0) is 13.3. The summed E-state index contributed by atoms with van der Waals surface area (Å²) in [5.74, 6) is 2.39. The van der Waals surface area contributed by atoms with E-state index >= 15 is 0 Å². The first kappa shape index (κ1) is 13.9. The van der Waals surface area contributed by atoms with Crippen LogP contribution in [0.3, 0.4) is 0 Å². The number of rotatable bonds is 2. The van der Waals surface area contributed by atoms with Crippen LogP contribution in [-0.4, -0.2) is 29.0 Å². The molecule has 0 radical (unpaired) electrons. The van der Waals surface area contributed by atoms with Gasteiger partial charge in [-0.15, -0.1) is 11.8 Å². The summed E-state index contributed by atoms with van der Waals surface area (Å²) in [7, 11) is 0. The van der Waals surface area contributed by atoms with Crippen LogP contribution in [0.1, 0.15) is 19.3 Å². The van der Waals surface area contributed by atoms with E-state index in [1.54, 1.807) is 0 Å². The lowest BCUT2D eigenvalue weighted by Gasteiger charge is -2.37. The minimum absolute atomic E-state index is 0.140. The van der Waals surface area contributed by atoms with E-state index in [0.29, 0.717) is 5.25 Å². The monoisotopic (exact) mass is 315 g/mol. The van der Waals surface area contributed by atoms with E-state index in [9.17, 15) is 0 Å². The Morgan fingerprint density at radius 2 is 2.37 bits per heavy atom. The molecule has 1 aromatic carbocycles. The number of ether oxygens (including phenoxy) is 1. The van der Waals surface area contributed by atoms with Gasteiger partial charge in [0.2, 0.25) is 0 Å². The van der Waals surface area contributed by atoms with E-state index < -0.39 is 0 Å². The molecule has 2 saturated heterocycles. The molecule has 3 rings (SSSR count). The molecule has 2 fully saturated rings. The molecule has 104 valence electrons. The van der Waals surface area contributed by atoms with Crippen LogP contribution in [0.25, 0.3) is 0 Å². The SMILES string of the molecule is Nc1ccc(SC2CCOC3(CCSC3)C2)c(Cl)c1. The number of anilines is 1. The summed E-state index contributed by atoms with van der Waals surface area (Å²) in [6.45, 7) is 0.880. The summed E-state index contributed by atoms with van der Waals surface area (Å²) in [4.78, 5) is 1.14. The number of nitrogen functional groups attached to an aromatic ring is 1. The van der Waals surface area contributed by atoms with Crippen LogP contribution in [0.2, 0.25) is 5.02 Å². The average Bonchev–Trinajstić information content (AvgIpc) is 2.81. The van der Waals surface area contributed by atoms with Crippen molar-refractivity contribution in [1.82, 2.24) is 0 Å². The molecule has 2 N–H and O–H groups in total. The fraction of sp³-hybridized carbons (Fsp3) is 0.571. The van der Waals surface area contributed by atoms with Crippen molar-refractivity contribution in [1.29, 1.82) is 0 Å². The molecule has 0 saturated carbocycles. The van der Waals surface area contributed by atoms with E-state index in [-0.39, 0.29) is 5.60 Å². The molecule has 2 unspecified atom stereocenters. The standard InChI is InChI=1S/C14H18ClNOS2/c15-12-7-10(16)1-2-13(12)19-11-3-5-17-14(8-11)4-6-18-9-14/h1-2,7,11H,3-6,8-9,16H2. The Balaban J connectivity index is 1.69. The van der Waals surface area contributed by atoms with Gasteiger partial charge in [-0.1, -0.05) is 11.6 Å². The highest BCUT2D eigenvalue weighted by Crippen LogP contribution is 2.44. The molecular formula is C14H18ClNOS2. The first-order valence-corrected chi connectivity index (χ1v) is 9.02. The summed E-state index contributed by atoms with van der Waals surface area (Å²) in [5, 5.41) is 1.37. The van der Waals surface area contributed by atoms with Crippen molar-refractivity contribution in [2.24, 2.45) is 0 Å². The lowest BCUT2D eigenvalue weighted by Crippen LogP contribution is -2.40. The molecule has 1 aromatic rings. The molecule has 2 atom stereocenters. The Labute approximate surface area is 127 Å². The number of thioether (sulfide) groups is 2. The van der Waals surface area contributed by atoms with Crippen LogP contribution >= 0.6 is 35.1 Å². The van der Waals surface area contributed by atoms with Gasteiger partial charge in [0.15, 0.2) is 0 Å². The Hall–Kier alpha value is -0.0300. The number of hydrogen-bond acceptors (Lipinski definition) is 4. The van der Waals surface area contributed by atoms with Gasteiger partial charge >= 0.3 is 0 Å². The van der Waals surface area contributed by atoms with Gasteiger partial charge in [0.25, 0.3) is 0 Å². The lowest BCUT2D eigenvalue weighted by molar-refractivity contribution is -0.0562. The Morgan fingerprint density at radius 3 is 3.11 bits per heavy atom. The predicted octanol–water partition coefficient (Wildman–Crippen LogP) is 4.07. The van der Waals surface area contributed by atoms with Gasteiger partial charge in [-0.25, -0.2) is 0 Å². The zero-order valence-electron chi connectivity index (χ0n) is 10.7. The first-order chi connectivity index (χ1) is 9.17. The van der Waals surface area contributed by atoms with Gasteiger partial charge in [-0.2, -0.15) is 11.8 Å². The van der Waals surface area contributed by atoms with Crippen molar-refractivity contribution < 1.29 is 4.74 Å². The van der Waals surface area contributed by atoms with E-state index in [2.05, 4.69) is 0 Å². The number of nitrogens with two attached hydrogens (primary N) is 1. The van der Waals surface area contributed by atoms with Crippen molar-refractivity contribution in [3.05, 3.63) is 23.2 Å². The highest BCUT2D eigenvalue weighted by Gasteiger charge is 2.40. The van der Waals surface area contributed by atoms with Crippen LogP contribution in [0, 0.1) is 0 Å². The van der Waals surface area contributed by atoms with E-state index in [1.165, 1.54) is 12.2 Å². The third-order valence-electron chi connectivity index (χ3n) is 3.76. The van der Waals surface area contributed by atoms with Crippen LogP contribution in [0.15, 0.2) is 23.1 Å². The van der Waals surface area contributed by atoms with Crippen LogP contribution in [0.4, 0.5) is 5.69 Å². The van der Waals surface area contributed by atoms with Gasteiger partial charge in [0, 0.05) is 28.2 Å². The van der Waals surface area contributed by atoms with Crippen LogP contribution in [-0.2, 0) is 4.74 Å². The fourth-order valence-electron chi connectivity index (χ4n) is 2.74. The maximum absolute atomic E-state index is 6.26. The van der Waals surface area contributed by atoms with Crippen molar-refractivity contribution in [3.63, 3.8) is 0 Å². The zero-order valence-corrected chi connectivity index (χ0v) is 13.1. The maximum atomic E-state index is 6.26. The molecule has 2 heterocycles. The van der Waals surface area contributed by atoms with Gasteiger partial charge < -0.3 is 10.5 Å². The molecule has 0 aromatic heterocycles. The van der Waals surface area contributed by atoms with Gasteiger partial charge in [0.05, 0.1) is 10.6 Å². The van der Waals surface area contributed by atoms with Crippen molar-refractivity contribution in [2.75, 3.05) is 23.8 Å². The smallest absolute Gasteiger partial charge is 0.0791 e. The normalized spacial score (nSPS) is 30.9. The third kappa shape index (κ3) is 3.18. The number of hydrogen-bond donors (Lipinski definition) is 1. The second-order valence-corrected chi connectivity index (χ2v) is 8.11. The molecular weight excluding hydrogens is 298 g/mol. The number of halogens is 1. The highest BCUT2D eigenvalue weighted by atomic mass is 35.5. The van der Waals surface area contributed by atoms with E-state index in [1.807, 2.05) is 41.7 Å². The summed E-state index contributed by atoms with van der Waals surface area (Å²) in [5.41, 5.74) is 6.61. The molecule has 0 aliphatic carbocycles.